The monoisotopic (exact) mass is 373 g/mol. The Kier molecular flexibility index (Phi) is 4.73. The van der Waals surface area contributed by atoms with Crippen LogP contribution >= 0.6 is 27.5 Å². The van der Waals surface area contributed by atoms with E-state index < -0.39 is 9.84 Å². The Balaban J connectivity index is 2.21. The van der Waals surface area contributed by atoms with Crippen molar-refractivity contribution in [2.45, 2.75) is 11.5 Å². The summed E-state index contributed by atoms with van der Waals surface area (Å²) in [6.45, 7) is 0. The van der Waals surface area contributed by atoms with Crippen LogP contribution in [0.1, 0.15) is 11.1 Å². The van der Waals surface area contributed by atoms with Gasteiger partial charge in [-0.1, -0.05) is 45.7 Å². The third-order valence-corrected chi connectivity index (χ3v) is 5.05. The predicted molar refractivity (Wildman–Crippen MR) is 86.3 cm³/mol. The van der Waals surface area contributed by atoms with Crippen molar-refractivity contribution in [3.05, 3.63) is 63.1 Å². The molecule has 0 atom stereocenters. The van der Waals surface area contributed by atoms with E-state index in [2.05, 4.69) is 15.9 Å². The molecule has 0 saturated carbocycles. The number of halogens is 2. The lowest BCUT2D eigenvalue weighted by molar-refractivity contribution is 0.594. The van der Waals surface area contributed by atoms with Crippen LogP contribution in [0, 0.1) is 0 Å². The molecule has 0 bridgehead atoms. The molecule has 0 saturated heterocycles. The van der Waals surface area contributed by atoms with Gasteiger partial charge in [-0.05, 0) is 35.4 Å². The van der Waals surface area contributed by atoms with Gasteiger partial charge in [0.05, 0.1) is 11.5 Å². The minimum Gasteiger partial charge on any atom is -0.399 e. The molecule has 20 heavy (non-hydrogen) atoms. The Morgan fingerprint density at radius 2 is 1.80 bits per heavy atom. The first-order valence-electron chi connectivity index (χ1n) is 5.84. The SMILES string of the molecule is Nc1cc(Br)cc(CS(=O)(=O)Cc2ccccc2Cl)c1. The summed E-state index contributed by atoms with van der Waals surface area (Å²) in [5.74, 6) is -0.152. The number of hydrogen-bond acceptors (Lipinski definition) is 3. The van der Waals surface area contributed by atoms with Crippen LogP contribution in [-0.4, -0.2) is 8.42 Å². The van der Waals surface area contributed by atoms with Crippen LogP contribution in [0.25, 0.3) is 0 Å². The summed E-state index contributed by atoms with van der Waals surface area (Å²) in [4.78, 5) is 0. The molecule has 0 fully saturated rings. The van der Waals surface area contributed by atoms with Gasteiger partial charge in [0, 0.05) is 15.2 Å². The van der Waals surface area contributed by atoms with E-state index in [-0.39, 0.29) is 11.5 Å². The van der Waals surface area contributed by atoms with Crippen LogP contribution in [0.3, 0.4) is 0 Å². The molecule has 106 valence electrons. The van der Waals surface area contributed by atoms with Gasteiger partial charge in [-0.15, -0.1) is 0 Å². The van der Waals surface area contributed by atoms with Gasteiger partial charge in [0.2, 0.25) is 0 Å². The quantitative estimate of drug-likeness (QED) is 0.828. The molecule has 0 aliphatic rings. The van der Waals surface area contributed by atoms with E-state index in [1.807, 2.05) is 0 Å². The van der Waals surface area contributed by atoms with Gasteiger partial charge in [0.15, 0.2) is 9.84 Å². The van der Waals surface area contributed by atoms with Crippen molar-refractivity contribution in [3.8, 4) is 0 Å². The van der Waals surface area contributed by atoms with E-state index in [1.165, 1.54) is 0 Å². The molecule has 0 heterocycles. The topological polar surface area (TPSA) is 60.2 Å². The van der Waals surface area contributed by atoms with Crippen LogP contribution in [-0.2, 0) is 21.3 Å². The van der Waals surface area contributed by atoms with Gasteiger partial charge in [-0.2, -0.15) is 0 Å². The maximum Gasteiger partial charge on any atom is 0.158 e. The summed E-state index contributed by atoms with van der Waals surface area (Å²) in [6.07, 6.45) is 0. The van der Waals surface area contributed by atoms with Crippen molar-refractivity contribution in [2.24, 2.45) is 0 Å². The Hall–Kier alpha value is -1.04. The molecule has 0 unspecified atom stereocenters. The fraction of sp³-hybridized carbons (Fsp3) is 0.143. The molecular formula is C14H13BrClNO2S. The van der Waals surface area contributed by atoms with E-state index >= 15 is 0 Å². The number of hydrogen-bond donors (Lipinski definition) is 1. The molecule has 0 aliphatic carbocycles. The van der Waals surface area contributed by atoms with Crippen molar-refractivity contribution in [1.29, 1.82) is 0 Å². The van der Waals surface area contributed by atoms with E-state index in [4.69, 9.17) is 17.3 Å². The number of nitrogen functional groups attached to an aromatic ring is 1. The molecule has 0 spiro atoms. The number of nitrogens with two attached hydrogens (primary N) is 1. The second-order valence-corrected chi connectivity index (χ2v) is 7.90. The minimum absolute atomic E-state index is 0.0676. The van der Waals surface area contributed by atoms with Crippen LogP contribution in [0.2, 0.25) is 5.02 Å². The highest BCUT2D eigenvalue weighted by Gasteiger charge is 2.15. The molecule has 0 amide bonds. The maximum absolute atomic E-state index is 12.2. The number of sulfone groups is 1. The van der Waals surface area contributed by atoms with Gasteiger partial charge in [-0.3, -0.25) is 0 Å². The molecule has 2 aromatic carbocycles. The van der Waals surface area contributed by atoms with Crippen LogP contribution in [0.4, 0.5) is 5.69 Å². The summed E-state index contributed by atoms with van der Waals surface area (Å²) < 4.78 is 25.2. The van der Waals surface area contributed by atoms with Gasteiger partial charge >= 0.3 is 0 Å². The fourth-order valence-corrected chi connectivity index (χ4v) is 4.26. The number of anilines is 1. The largest absolute Gasteiger partial charge is 0.399 e. The third-order valence-electron chi connectivity index (χ3n) is 2.70. The normalized spacial score (nSPS) is 11.5. The molecule has 2 N–H and O–H groups in total. The standard InChI is InChI=1S/C14H13BrClNO2S/c15-12-5-10(6-13(17)7-12)8-20(18,19)9-11-3-1-2-4-14(11)16/h1-7H,8-9,17H2. The van der Waals surface area contributed by atoms with Gasteiger partial charge in [-0.25, -0.2) is 8.42 Å². The van der Waals surface area contributed by atoms with E-state index in [0.717, 1.165) is 4.47 Å². The van der Waals surface area contributed by atoms with Crippen molar-refractivity contribution < 1.29 is 8.42 Å². The molecule has 0 radical (unpaired) electrons. The van der Waals surface area contributed by atoms with E-state index in [9.17, 15) is 8.42 Å². The average Bonchev–Trinajstić information content (AvgIpc) is 2.29. The summed E-state index contributed by atoms with van der Waals surface area (Å²) >= 11 is 9.29. The van der Waals surface area contributed by atoms with Crippen molar-refractivity contribution >= 4 is 43.1 Å². The highest BCUT2D eigenvalue weighted by Crippen LogP contribution is 2.22. The minimum atomic E-state index is -3.30. The van der Waals surface area contributed by atoms with Crippen LogP contribution in [0.5, 0.6) is 0 Å². The molecule has 0 aromatic heterocycles. The van der Waals surface area contributed by atoms with Crippen molar-refractivity contribution in [1.82, 2.24) is 0 Å². The molecule has 2 rings (SSSR count). The summed E-state index contributed by atoms with van der Waals surface area (Å²) in [5, 5.41) is 0.463. The first-order valence-corrected chi connectivity index (χ1v) is 8.84. The molecule has 0 aliphatic heterocycles. The molecule has 6 heteroatoms. The second-order valence-electron chi connectivity index (χ2n) is 4.52. The van der Waals surface area contributed by atoms with Gasteiger partial charge < -0.3 is 5.73 Å². The zero-order valence-electron chi connectivity index (χ0n) is 10.5. The zero-order valence-corrected chi connectivity index (χ0v) is 13.7. The van der Waals surface area contributed by atoms with E-state index in [0.29, 0.717) is 21.8 Å². The average molecular weight is 375 g/mol. The van der Waals surface area contributed by atoms with Crippen molar-refractivity contribution in [2.75, 3.05) is 5.73 Å². The van der Waals surface area contributed by atoms with E-state index in [1.54, 1.807) is 42.5 Å². The maximum atomic E-state index is 12.2. The molecule has 3 nitrogen and oxygen atoms in total. The fourth-order valence-electron chi connectivity index (χ4n) is 1.92. The Bertz CT molecular complexity index is 711. The Morgan fingerprint density at radius 1 is 1.10 bits per heavy atom. The Labute approximate surface area is 131 Å². The summed E-state index contributed by atoms with van der Waals surface area (Å²) in [5.41, 5.74) is 7.50. The first kappa shape index (κ1) is 15.4. The number of rotatable bonds is 4. The summed E-state index contributed by atoms with van der Waals surface area (Å²) in [7, 11) is -3.30. The van der Waals surface area contributed by atoms with Crippen LogP contribution in [0.15, 0.2) is 46.9 Å². The lowest BCUT2D eigenvalue weighted by Gasteiger charge is -2.07. The highest BCUT2D eigenvalue weighted by molar-refractivity contribution is 9.10. The van der Waals surface area contributed by atoms with Gasteiger partial charge in [0.25, 0.3) is 0 Å². The Morgan fingerprint density at radius 3 is 2.45 bits per heavy atom. The summed E-state index contributed by atoms with van der Waals surface area (Å²) in [6, 6.07) is 12.1. The first-order chi connectivity index (χ1) is 9.35. The lowest BCUT2D eigenvalue weighted by atomic mass is 10.2. The predicted octanol–water partition coefficient (Wildman–Crippen LogP) is 3.80. The lowest BCUT2D eigenvalue weighted by Crippen LogP contribution is -2.08. The zero-order chi connectivity index (χ0) is 14.8. The highest BCUT2D eigenvalue weighted by atomic mass is 79.9. The van der Waals surface area contributed by atoms with Gasteiger partial charge in [0.1, 0.15) is 0 Å². The molecular weight excluding hydrogens is 362 g/mol. The third kappa shape index (κ3) is 4.23. The second kappa shape index (κ2) is 6.16. The molecule has 2 aromatic rings. The van der Waals surface area contributed by atoms with Crippen LogP contribution < -0.4 is 5.73 Å². The number of benzene rings is 2. The smallest absolute Gasteiger partial charge is 0.158 e. The van der Waals surface area contributed by atoms with Crippen molar-refractivity contribution in [3.63, 3.8) is 0 Å².